The zero-order chi connectivity index (χ0) is 14.0. The molecule has 9 heteroatoms. The van der Waals surface area contributed by atoms with Crippen molar-refractivity contribution in [2.24, 2.45) is 0 Å². The van der Waals surface area contributed by atoms with Crippen LogP contribution in [0.15, 0.2) is 18.2 Å². The van der Waals surface area contributed by atoms with Crippen LogP contribution in [0.4, 0.5) is 11.4 Å². The SMILES string of the molecule is O=[N+]([O-])c1ccc2c(c1)CCC(OS(=O)(=O)O)CN2. The maximum atomic E-state index is 10.7. The summed E-state index contributed by atoms with van der Waals surface area (Å²) >= 11 is 0. The second-order valence-corrected chi connectivity index (χ2v) is 5.21. The van der Waals surface area contributed by atoms with E-state index in [1.807, 2.05) is 0 Å². The highest BCUT2D eigenvalue weighted by atomic mass is 32.3. The molecule has 0 aromatic heterocycles. The molecule has 1 unspecified atom stereocenters. The Morgan fingerprint density at radius 3 is 2.84 bits per heavy atom. The van der Waals surface area contributed by atoms with Gasteiger partial charge in [0, 0.05) is 24.4 Å². The Labute approximate surface area is 109 Å². The second-order valence-electron chi connectivity index (χ2n) is 4.16. The molecule has 0 bridgehead atoms. The van der Waals surface area contributed by atoms with Crippen molar-refractivity contribution in [1.29, 1.82) is 0 Å². The molecule has 0 amide bonds. The first-order valence-electron chi connectivity index (χ1n) is 5.52. The summed E-state index contributed by atoms with van der Waals surface area (Å²) in [5, 5.41) is 13.6. The fraction of sp³-hybridized carbons (Fsp3) is 0.400. The molecule has 8 nitrogen and oxygen atoms in total. The Morgan fingerprint density at radius 1 is 1.47 bits per heavy atom. The van der Waals surface area contributed by atoms with E-state index in [-0.39, 0.29) is 12.2 Å². The van der Waals surface area contributed by atoms with E-state index in [2.05, 4.69) is 9.50 Å². The van der Waals surface area contributed by atoms with E-state index < -0.39 is 21.4 Å². The van der Waals surface area contributed by atoms with Crippen molar-refractivity contribution in [3.05, 3.63) is 33.9 Å². The van der Waals surface area contributed by atoms with E-state index in [4.69, 9.17) is 4.55 Å². The lowest BCUT2D eigenvalue weighted by molar-refractivity contribution is -0.384. The van der Waals surface area contributed by atoms with E-state index in [1.54, 1.807) is 6.07 Å². The van der Waals surface area contributed by atoms with Crippen LogP contribution in [0.5, 0.6) is 0 Å². The van der Waals surface area contributed by atoms with Gasteiger partial charge in [0.15, 0.2) is 0 Å². The Kier molecular flexibility index (Phi) is 3.69. The summed E-state index contributed by atoms with van der Waals surface area (Å²) in [6.07, 6.45) is 0.0481. The highest BCUT2D eigenvalue weighted by Crippen LogP contribution is 2.26. The van der Waals surface area contributed by atoms with Crippen LogP contribution in [0.25, 0.3) is 0 Å². The molecule has 2 N–H and O–H groups in total. The third-order valence-electron chi connectivity index (χ3n) is 2.81. The van der Waals surface area contributed by atoms with Gasteiger partial charge in [0.25, 0.3) is 5.69 Å². The van der Waals surface area contributed by atoms with Gasteiger partial charge in [0.05, 0.1) is 11.0 Å². The minimum atomic E-state index is -4.50. The first-order valence-corrected chi connectivity index (χ1v) is 6.88. The van der Waals surface area contributed by atoms with Crippen LogP contribution in [-0.4, -0.2) is 30.5 Å². The molecule has 1 aliphatic heterocycles. The standard InChI is InChI=1S/C10H12N2O6S/c13-12(14)8-2-4-10-7(5-8)1-3-9(6-11-10)18-19(15,16)17/h2,4-5,9,11H,1,3,6H2,(H,15,16,17). The van der Waals surface area contributed by atoms with Gasteiger partial charge >= 0.3 is 10.4 Å². The van der Waals surface area contributed by atoms with E-state index in [9.17, 15) is 18.5 Å². The van der Waals surface area contributed by atoms with Crippen LogP contribution in [0.3, 0.4) is 0 Å². The number of rotatable bonds is 3. The quantitative estimate of drug-likeness (QED) is 0.486. The minimum absolute atomic E-state index is 0.0188. The van der Waals surface area contributed by atoms with Gasteiger partial charge in [-0.05, 0) is 24.5 Å². The number of nitrogens with zero attached hydrogens (tertiary/aromatic N) is 1. The fourth-order valence-corrected chi connectivity index (χ4v) is 2.48. The number of nitro groups is 1. The molecule has 0 spiro atoms. The summed E-state index contributed by atoms with van der Waals surface area (Å²) in [6, 6.07) is 4.39. The van der Waals surface area contributed by atoms with E-state index >= 15 is 0 Å². The zero-order valence-corrected chi connectivity index (χ0v) is 10.6. The van der Waals surface area contributed by atoms with E-state index in [1.165, 1.54) is 12.1 Å². The van der Waals surface area contributed by atoms with Gasteiger partial charge in [-0.1, -0.05) is 0 Å². The van der Waals surface area contributed by atoms with Crippen LogP contribution in [0.2, 0.25) is 0 Å². The van der Waals surface area contributed by atoms with E-state index in [0.717, 1.165) is 5.56 Å². The molecule has 19 heavy (non-hydrogen) atoms. The Morgan fingerprint density at radius 2 is 2.21 bits per heavy atom. The van der Waals surface area contributed by atoms with Gasteiger partial charge in [-0.15, -0.1) is 0 Å². The van der Waals surface area contributed by atoms with Crippen molar-refractivity contribution in [3.63, 3.8) is 0 Å². The van der Waals surface area contributed by atoms with Gasteiger partial charge in [-0.3, -0.25) is 14.7 Å². The Hall–Kier alpha value is -1.71. The topological polar surface area (TPSA) is 119 Å². The zero-order valence-electron chi connectivity index (χ0n) is 9.77. The number of fused-ring (bicyclic) bond motifs is 1. The summed E-state index contributed by atoms with van der Waals surface area (Å²) in [7, 11) is -4.50. The summed E-state index contributed by atoms with van der Waals surface area (Å²) in [5.41, 5.74) is 1.40. The lowest BCUT2D eigenvalue weighted by Crippen LogP contribution is -2.24. The van der Waals surface area contributed by atoms with Crippen molar-refractivity contribution < 1.29 is 22.1 Å². The molecule has 104 valence electrons. The van der Waals surface area contributed by atoms with Crippen LogP contribution in [0, 0.1) is 10.1 Å². The molecule has 0 saturated heterocycles. The van der Waals surface area contributed by atoms with Crippen LogP contribution in [0.1, 0.15) is 12.0 Å². The normalized spacial score (nSPS) is 19.1. The molecular weight excluding hydrogens is 276 g/mol. The predicted octanol–water partition coefficient (Wildman–Crippen LogP) is 1.14. The van der Waals surface area contributed by atoms with Gasteiger partial charge in [-0.25, -0.2) is 4.18 Å². The molecule has 2 rings (SSSR count). The van der Waals surface area contributed by atoms with Gasteiger partial charge in [0.2, 0.25) is 0 Å². The lowest BCUT2D eigenvalue weighted by atomic mass is 10.1. The number of non-ortho nitro benzene ring substituents is 1. The third-order valence-corrected chi connectivity index (χ3v) is 3.33. The number of aryl methyl sites for hydroxylation is 1. The summed E-state index contributed by atoms with van der Waals surface area (Å²) in [6.45, 7) is 0.199. The van der Waals surface area contributed by atoms with Crippen molar-refractivity contribution in [3.8, 4) is 0 Å². The highest BCUT2D eigenvalue weighted by Gasteiger charge is 2.22. The molecule has 0 radical (unpaired) electrons. The number of nitrogens with one attached hydrogen (secondary N) is 1. The van der Waals surface area contributed by atoms with E-state index in [0.29, 0.717) is 18.5 Å². The molecule has 1 aromatic rings. The number of nitro benzene ring substituents is 1. The average Bonchev–Trinajstić information content (AvgIpc) is 2.49. The first kappa shape index (κ1) is 13.7. The molecule has 1 aliphatic rings. The van der Waals surface area contributed by atoms with Crippen molar-refractivity contribution >= 4 is 21.8 Å². The molecule has 0 saturated carbocycles. The molecular formula is C10H12N2O6S. The van der Waals surface area contributed by atoms with Crippen molar-refractivity contribution in [2.75, 3.05) is 11.9 Å². The smallest absolute Gasteiger partial charge is 0.382 e. The Balaban J connectivity index is 2.16. The molecule has 0 fully saturated rings. The number of hydrogen-bond donors (Lipinski definition) is 2. The maximum absolute atomic E-state index is 10.7. The lowest BCUT2D eigenvalue weighted by Gasteiger charge is -2.12. The summed E-state index contributed by atoms with van der Waals surface area (Å²) in [5.74, 6) is 0. The minimum Gasteiger partial charge on any atom is -0.382 e. The summed E-state index contributed by atoms with van der Waals surface area (Å²) < 4.78 is 34.4. The second kappa shape index (κ2) is 5.11. The predicted molar refractivity (Wildman–Crippen MR) is 66.3 cm³/mol. The average molecular weight is 288 g/mol. The third kappa shape index (κ3) is 3.63. The number of benzene rings is 1. The Bertz CT molecular complexity index is 600. The monoisotopic (exact) mass is 288 g/mol. The molecule has 1 aromatic carbocycles. The molecule has 1 atom stereocenters. The molecule has 1 heterocycles. The maximum Gasteiger partial charge on any atom is 0.397 e. The number of hydrogen-bond acceptors (Lipinski definition) is 6. The largest absolute Gasteiger partial charge is 0.397 e. The van der Waals surface area contributed by atoms with Crippen LogP contribution >= 0.6 is 0 Å². The summed E-state index contributed by atoms with van der Waals surface area (Å²) in [4.78, 5) is 10.2. The van der Waals surface area contributed by atoms with Crippen molar-refractivity contribution in [1.82, 2.24) is 0 Å². The van der Waals surface area contributed by atoms with Gasteiger partial charge < -0.3 is 5.32 Å². The van der Waals surface area contributed by atoms with Crippen LogP contribution < -0.4 is 5.32 Å². The molecule has 0 aliphatic carbocycles. The number of anilines is 1. The van der Waals surface area contributed by atoms with Gasteiger partial charge in [-0.2, -0.15) is 8.42 Å². The first-order chi connectivity index (χ1) is 8.85. The van der Waals surface area contributed by atoms with Gasteiger partial charge in [0.1, 0.15) is 0 Å². The highest BCUT2D eigenvalue weighted by molar-refractivity contribution is 7.80. The van der Waals surface area contributed by atoms with Crippen LogP contribution in [-0.2, 0) is 21.0 Å². The van der Waals surface area contributed by atoms with Crippen molar-refractivity contribution in [2.45, 2.75) is 18.9 Å². The fourth-order valence-electron chi connectivity index (χ4n) is 1.97.